The van der Waals surface area contributed by atoms with Gasteiger partial charge in [0.15, 0.2) is 6.10 Å². The van der Waals surface area contributed by atoms with Crippen LogP contribution < -0.4 is 5.32 Å². The second kappa shape index (κ2) is 9.24. The average molecular weight is 401 g/mol. The summed E-state index contributed by atoms with van der Waals surface area (Å²) in [6.07, 6.45) is 1.35. The largest absolute Gasteiger partial charge is 0.356 e. The van der Waals surface area contributed by atoms with Crippen molar-refractivity contribution in [3.05, 3.63) is 35.9 Å². The number of hydrogen-bond acceptors (Lipinski definition) is 5. The van der Waals surface area contributed by atoms with Crippen LogP contribution >= 0.6 is 0 Å². The fourth-order valence-corrected chi connectivity index (χ4v) is 4.38. The molecule has 3 fully saturated rings. The first-order chi connectivity index (χ1) is 14.2. The molecule has 2 aliphatic heterocycles. The second-order valence-electron chi connectivity index (χ2n) is 8.19. The quantitative estimate of drug-likeness (QED) is 0.736. The van der Waals surface area contributed by atoms with Gasteiger partial charge in [-0.2, -0.15) is 0 Å². The van der Waals surface area contributed by atoms with E-state index in [1.54, 1.807) is 0 Å². The van der Waals surface area contributed by atoms with E-state index in [1.807, 2.05) is 35.2 Å². The molecule has 2 amide bonds. The third kappa shape index (κ3) is 4.79. The molecule has 2 atom stereocenters. The molecule has 2 heterocycles. The number of rotatable bonds is 7. The molecule has 7 heteroatoms. The van der Waals surface area contributed by atoms with E-state index in [0.29, 0.717) is 6.54 Å². The SMILES string of the molecule is CCN1CCN(CCNC(=O)[C@@H]2OCC(=O)N(C3CC3)[C@H]2c2ccccc2)CC1. The van der Waals surface area contributed by atoms with Crippen molar-refractivity contribution in [1.82, 2.24) is 20.0 Å². The van der Waals surface area contributed by atoms with Gasteiger partial charge in [0, 0.05) is 45.3 Å². The third-order valence-corrected chi connectivity index (χ3v) is 6.24. The van der Waals surface area contributed by atoms with E-state index in [1.165, 1.54) is 0 Å². The number of carbonyl (C=O) groups excluding carboxylic acids is 2. The van der Waals surface area contributed by atoms with E-state index in [-0.39, 0.29) is 30.5 Å². The molecule has 0 unspecified atom stereocenters. The summed E-state index contributed by atoms with van der Waals surface area (Å²) >= 11 is 0. The lowest BCUT2D eigenvalue weighted by molar-refractivity contribution is -0.165. The Bertz CT molecular complexity index is 701. The van der Waals surface area contributed by atoms with Gasteiger partial charge >= 0.3 is 0 Å². The number of carbonyl (C=O) groups is 2. The molecule has 4 rings (SSSR count). The first-order valence-electron chi connectivity index (χ1n) is 10.9. The van der Waals surface area contributed by atoms with Crippen LogP contribution in [-0.2, 0) is 14.3 Å². The molecule has 1 N–H and O–H groups in total. The summed E-state index contributed by atoms with van der Waals surface area (Å²) in [6.45, 7) is 8.98. The molecule has 3 aliphatic rings. The third-order valence-electron chi connectivity index (χ3n) is 6.24. The van der Waals surface area contributed by atoms with Gasteiger partial charge in [-0.05, 0) is 24.9 Å². The van der Waals surface area contributed by atoms with Crippen molar-refractivity contribution in [1.29, 1.82) is 0 Å². The highest BCUT2D eigenvalue weighted by Crippen LogP contribution is 2.39. The van der Waals surface area contributed by atoms with E-state index >= 15 is 0 Å². The zero-order chi connectivity index (χ0) is 20.2. The summed E-state index contributed by atoms with van der Waals surface area (Å²) in [6, 6.07) is 9.70. The monoisotopic (exact) mass is 400 g/mol. The van der Waals surface area contributed by atoms with E-state index in [4.69, 9.17) is 4.74 Å². The van der Waals surface area contributed by atoms with Crippen molar-refractivity contribution in [2.75, 3.05) is 52.4 Å². The molecule has 0 spiro atoms. The Labute approximate surface area is 173 Å². The molecule has 1 saturated carbocycles. The van der Waals surface area contributed by atoms with Crippen molar-refractivity contribution in [3.8, 4) is 0 Å². The zero-order valence-electron chi connectivity index (χ0n) is 17.3. The Balaban J connectivity index is 1.37. The Morgan fingerprint density at radius 3 is 2.45 bits per heavy atom. The summed E-state index contributed by atoms with van der Waals surface area (Å²) in [7, 11) is 0. The van der Waals surface area contributed by atoms with Gasteiger partial charge in [0.2, 0.25) is 5.91 Å². The van der Waals surface area contributed by atoms with Crippen molar-refractivity contribution < 1.29 is 14.3 Å². The van der Waals surface area contributed by atoms with Crippen molar-refractivity contribution in [2.45, 2.75) is 38.0 Å². The number of ether oxygens (including phenoxy) is 1. The smallest absolute Gasteiger partial charge is 0.251 e. The van der Waals surface area contributed by atoms with Crippen molar-refractivity contribution >= 4 is 11.8 Å². The maximum absolute atomic E-state index is 13.0. The number of nitrogens with one attached hydrogen (secondary N) is 1. The first-order valence-corrected chi connectivity index (χ1v) is 10.9. The van der Waals surface area contributed by atoms with Gasteiger partial charge < -0.3 is 19.9 Å². The van der Waals surface area contributed by atoms with E-state index in [9.17, 15) is 9.59 Å². The summed E-state index contributed by atoms with van der Waals surface area (Å²) in [5.41, 5.74) is 0.961. The normalized spacial score (nSPS) is 26.5. The number of likely N-dealkylation sites (N-methyl/N-ethyl adjacent to an activating group) is 1. The van der Waals surface area contributed by atoms with Crippen LogP contribution in [0.4, 0.5) is 0 Å². The van der Waals surface area contributed by atoms with Gasteiger partial charge in [0.1, 0.15) is 6.61 Å². The van der Waals surface area contributed by atoms with Gasteiger partial charge in [-0.15, -0.1) is 0 Å². The lowest BCUT2D eigenvalue weighted by Gasteiger charge is -2.41. The topological polar surface area (TPSA) is 65.1 Å². The van der Waals surface area contributed by atoms with E-state index < -0.39 is 6.10 Å². The summed E-state index contributed by atoms with van der Waals surface area (Å²) < 4.78 is 5.77. The molecule has 0 aromatic heterocycles. The Morgan fingerprint density at radius 2 is 1.79 bits per heavy atom. The van der Waals surface area contributed by atoms with Gasteiger partial charge in [0.05, 0.1) is 6.04 Å². The first kappa shape index (κ1) is 20.3. The van der Waals surface area contributed by atoms with E-state index in [0.717, 1.165) is 57.7 Å². The molecule has 1 aliphatic carbocycles. The molecule has 29 heavy (non-hydrogen) atoms. The summed E-state index contributed by atoms with van der Waals surface area (Å²) in [5.74, 6) is -0.136. The van der Waals surface area contributed by atoms with Crippen molar-refractivity contribution in [2.24, 2.45) is 0 Å². The predicted molar refractivity (Wildman–Crippen MR) is 110 cm³/mol. The molecule has 0 bridgehead atoms. The van der Waals surface area contributed by atoms with Crippen LogP contribution in [0.1, 0.15) is 31.4 Å². The fraction of sp³-hybridized carbons (Fsp3) is 0.636. The van der Waals surface area contributed by atoms with Crippen LogP contribution in [0.3, 0.4) is 0 Å². The zero-order valence-corrected chi connectivity index (χ0v) is 17.3. The highest BCUT2D eigenvalue weighted by atomic mass is 16.5. The minimum absolute atomic E-state index is 0.0146. The van der Waals surface area contributed by atoms with Gasteiger partial charge in [-0.1, -0.05) is 37.3 Å². The molecule has 1 aromatic carbocycles. The van der Waals surface area contributed by atoms with Crippen LogP contribution in [0, 0.1) is 0 Å². The Kier molecular flexibility index (Phi) is 6.47. The standard InChI is InChI=1S/C22H32N4O3/c1-2-24-12-14-25(15-13-24)11-10-23-22(28)21-20(17-6-4-3-5-7-17)26(18-8-9-18)19(27)16-29-21/h3-7,18,20-21H,2,8-16H2,1H3,(H,23,28)/t20-,21+/m0/s1. The van der Waals surface area contributed by atoms with Crippen LogP contribution in [-0.4, -0.2) is 91.1 Å². The number of amides is 2. The van der Waals surface area contributed by atoms with Gasteiger partial charge in [0.25, 0.3) is 5.91 Å². The Morgan fingerprint density at radius 1 is 1.10 bits per heavy atom. The minimum atomic E-state index is -0.660. The summed E-state index contributed by atoms with van der Waals surface area (Å²) in [5, 5.41) is 3.06. The maximum atomic E-state index is 13.0. The highest BCUT2D eigenvalue weighted by molar-refractivity contribution is 5.86. The molecule has 1 aromatic rings. The highest BCUT2D eigenvalue weighted by Gasteiger charge is 2.47. The average Bonchev–Trinajstić information content (AvgIpc) is 3.59. The maximum Gasteiger partial charge on any atom is 0.251 e. The van der Waals surface area contributed by atoms with Gasteiger partial charge in [-0.3, -0.25) is 14.5 Å². The van der Waals surface area contributed by atoms with Gasteiger partial charge in [-0.25, -0.2) is 0 Å². The molecule has 158 valence electrons. The van der Waals surface area contributed by atoms with Crippen LogP contribution in [0.15, 0.2) is 30.3 Å². The second-order valence-corrected chi connectivity index (χ2v) is 8.19. The fourth-order valence-electron chi connectivity index (χ4n) is 4.38. The van der Waals surface area contributed by atoms with E-state index in [2.05, 4.69) is 22.0 Å². The molecule has 2 saturated heterocycles. The Hall–Kier alpha value is -1.96. The predicted octanol–water partition coefficient (Wildman–Crippen LogP) is 0.871. The molecular formula is C22H32N4O3. The lowest BCUT2D eigenvalue weighted by atomic mass is 9.97. The minimum Gasteiger partial charge on any atom is -0.356 e. The number of morpholine rings is 1. The van der Waals surface area contributed by atoms with Crippen LogP contribution in [0.25, 0.3) is 0 Å². The number of hydrogen-bond donors (Lipinski definition) is 1. The molecular weight excluding hydrogens is 368 g/mol. The van der Waals surface area contributed by atoms with Crippen LogP contribution in [0.2, 0.25) is 0 Å². The van der Waals surface area contributed by atoms with Crippen molar-refractivity contribution in [3.63, 3.8) is 0 Å². The lowest BCUT2D eigenvalue weighted by Crippen LogP contribution is -2.55. The number of piperazine rings is 1. The molecule has 0 radical (unpaired) electrons. The number of benzene rings is 1. The summed E-state index contributed by atoms with van der Waals surface area (Å²) in [4.78, 5) is 32.3. The van der Waals surface area contributed by atoms with Crippen LogP contribution in [0.5, 0.6) is 0 Å². The number of nitrogens with zero attached hydrogens (tertiary/aromatic N) is 3. The molecule has 7 nitrogen and oxygen atoms in total.